The van der Waals surface area contributed by atoms with Gasteiger partial charge in [-0.2, -0.15) is 0 Å². The summed E-state index contributed by atoms with van der Waals surface area (Å²) in [5, 5.41) is 0. The van der Waals surface area contributed by atoms with Gasteiger partial charge in [-0.05, 0) is 25.7 Å². The Kier molecular flexibility index (Phi) is 8.31. The molecule has 0 amide bonds. The van der Waals surface area contributed by atoms with Gasteiger partial charge in [0, 0.05) is 0 Å². The van der Waals surface area contributed by atoms with E-state index in [1.165, 1.54) is 13.5 Å². The van der Waals surface area contributed by atoms with Gasteiger partial charge in [0.15, 0.2) is 0 Å². The predicted octanol–water partition coefficient (Wildman–Crippen LogP) is 2.85. The fourth-order valence-electron chi connectivity index (χ4n) is 0.932. The summed E-state index contributed by atoms with van der Waals surface area (Å²) in [5.74, 6) is -0.178. The van der Waals surface area contributed by atoms with Crippen molar-refractivity contribution in [2.75, 3.05) is 7.11 Å². The standard InChI is InChI=1S/C11H18O2/c1-3-4-5-6-7-8-9-10-11(12)13-2/h3,8-9H,1,4-7,10H2,2H3/b9-8+. The zero-order chi connectivity index (χ0) is 9.94. The smallest absolute Gasteiger partial charge is 0.309 e. The van der Waals surface area contributed by atoms with E-state index < -0.39 is 0 Å². The topological polar surface area (TPSA) is 26.3 Å². The van der Waals surface area contributed by atoms with Gasteiger partial charge in [-0.3, -0.25) is 4.79 Å². The number of ether oxygens (including phenoxy) is 1. The molecule has 2 heteroatoms. The molecule has 0 unspecified atom stereocenters. The van der Waals surface area contributed by atoms with Gasteiger partial charge in [0.1, 0.15) is 0 Å². The van der Waals surface area contributed by atoms with Gasteiger partial charge in [-0.25, -0.2) is 0 Å². The SMILES string of the molecule is C=CCCCC/C=C/CC(=O)OC. The van der Waals surface area contributed by atoms with Crippen LogP contribution in [0.25, 0.3) is 0 Å². The lowest BCUT2D eigenvalue weighted by molar-refractivity contribution is -0.139. The molecule has 0 bridgehead atoms. The first-order valence-corrected chi connectivity index (χ1v) is 4.64. The molecular weight excluding hydrogens is 164 g/mol. The van der Waals surface area contributed by atoms with Crippen LogP contribution in [0.1, 0.15) is 32.1 Å². The Morgan fingerprint density at radius 3 is 2.62 bits per heavy atom. The van der Waals surface area contributed by atoms with Crippen molar-refractivity contribution in [1.29, 1.82) is 0 Å². The van der Waals surface area contributed by atoms with Crippen LogP contribution in [0.5, 0.6) is 0 Å². The molecule has 13 heavy (non-hydrogen) atoms. The first-order valence-electron chi connectivity index (χ1n) is 4.64. The molecule has 0 heterocycles. The molecule has 2 nitrogen and oxygen atoms in total. The third kappa shape index (κ3) is 8.86. The van der Waals surface area contributed by atoms with Gasteiger partial charge >= 0.3 is 5.97 Å². The summed E-state index contributed by atoms with van der Waals surface area (Å²) in [6, 6.07) is 0. The van der Waals surface area contributed by atoms with E-state index in [0.29, 0.717) is 6.42 Å². The van der Waals surface area contributed by atoms with E-state index in [2.05, 4.69) is 11.3 Å². The normalized spacial score (nSPS) is 10.2. The van der Waals surface area contributed by atoms with Gasteiger partial charge in [0.05, 0.1) is 13.5 Å². The highest BCUT2D eigenvalue weighted by molar-refractivity contribution is 5.70. The molecule has 0 aromatic rings. The molecule has 0 aliphatic rings. The third-order valence-electron chi connectivity index (χ3n) is 1.71. The van der Waals surface area contributed by atoms with E-state index in [1.54, 1.807) is 0 Å². The van der Waals surface area contributed by atoms with E-state index in [-0.39, 0.29) is 5.97 Å². The summed E-state index contributed by atoms with van der Waals surface area (Å²) in [6.07, 6.45) is 10.6. The lowest BCUT2D eigenvalue weighted by Gasteiger charge is -1.93. The molecular formula is C11H18O2. The van der Waals surface area contributed by atoms with Gasteiger partial charge in [-0.15, -0.1) is 6.58 Å². The monoisotopic (exact) mass is 182 g/mol. The number of unbranched alkanes of at least 4 members (excludes halogenated alkanes) is 3. The number of esters is 1. The fraction of sp³-hybridized carbons (Fsp3) is 0.545. The first-order chi connectivity index (χ1) is 6.31. The molecule has 0 aromatic carbocycles. The molecule has 0 aliphatic heterocycles. The molecule has 0 radical (unpaired) electrons. The third-order valence-corrected chi connectivity index (χ3v) is 1.71. The Hall–Kier alpha value is -1.05. The minimum Gasteiger partial charge on any atom is -0.469 e. The van der Waals surface area contributed by atoms with Crippen molar-refractivity contribution in [2.45, 2.75) is 32.1 Å². The van der Waals surface area contributed by atoms with Crippen LogP contribution in [0.4, 0.5) is 0 Å². The highest BCUT2D eigenvalue weighted by Gasteiger charge is 1.92. The van der Waals surface area contributed by atoms with E-state index in [9.17, 15) is 4.79 Å². The average molecular weight is 182 g/mol. The minimum atomic E-state index is -0.178. The lowest BCUT2D eigenvalue weighted by Crippen LogP contribution is -1.96. The van der Waals surface area contributed by atoms with Crippen molar-refractivity contribution in [1.82, 2.24) is 0 Å². The number of hydrogen-bond acceptors (Lipinski definition) is 2. The molecule has 0 atom stereocenters. The Bertz CT molecular complexity index is 171. The van der Waals surface area contributed by atoms with Crippen molar-refractivity contribution in [3.63, 3.8) is 0 Å². The van der Waals surface area contributed by atoms with E-state index in [4.69, 9.17) is 0 Å². The number of hydrogen-bond donors (Lipinski definition) is 0. The second-order valence-corrected chi connectivity index (χ2v) is 2.82. The minimum absolute atomic E-state index is 0.178. The average Bonchev–Trinajstić information content (AvgIpc) is 2.16. The number of methoxy groups -OCH3 is 1. The van der Waals surface area contributed by atoms with Crippen LogP contribution in [-0.4, -0.2) is 13.1 Å². The van der Waals surface area contributed by atoms with Crippen LogP contribution in [0.15, 0.2) is 24.8 Å². The fourth-order valence-corrected chi connectivity index (χ4v) is 0.932. The predicted molar refractivity (Wildman–Crippen MR) is 54.4 cm³/mol. The van der Waals surface area contributed by atoms with Crippen LogP contribution in [0.3, 0.4) is 0 Å². The molecule has 0 aliphatic carbocycles. The largest absolute Gasteiger partial charge is 0.469 e. The quantitative estimate of drug-likeness (QED) is 0.344. The van der Waals surface area contributed by atoms with Gasteiger partial charge in [-0.1, -0.05) is 18.2 Å². The van der Waals surface area contributed by atoms with Gasteiger partial charge in [0.2, 0.25) is 0 Å². The van der Waals surface area contributed by atoms with Crippen molar-refractivity contribution in [3.05, 3.63) is 24.8 Å². The number of carbonyl (C=O) groups is 1. The molecule has 0 fully saturated rings. The van der Waals surface area contributed by atoms with Crippen LogP contribution in [0.2, 0.25) is 0 Å². The van der Waals surface area contributed by atoms with E-state index in [1.807, 2.05) is 18.2 Å². The lowest BCUT2D eigenvalue weighted by atomic mass is 10.2. The Balaban J connectivity index is 3.21. The molecule has 74 valence electrons. The van der Waals surface area contributed by atoms with E-state index >= 15 is 0 Å². The summed E-state index contributed by atoms with van der Waals surface area (Å²) >= 11 is 0. The first kappa shape index (κ1) is 11.9. The van der Waals surface area contributed by atoms with Crippen molar-refractivity contribution in [2.24, 2.45) is 0 Å². The van der Waals surface area contributed by atoms with Crippen molar-refractivity contribution < 1.29 is 9.53 Å². The highest BCUT2D eigenvalue weighted by atomic mass is 16.5. The summed E-state index contributed by atoms with van der Waals surface area (Å²) in [5.41, 5.74) is 0. The molecule has 0 spiro atoms. The zero-order valence-corrected chi connectivity index (χ0v) is 8.29. The Morgan fingerprint density at radius 2 is 2.00 bits per heavy atom. The summed E-state index contributed by atoms with van der Waals surface area (Å²) in [6.45, 7) is 3.65. The maximum atomic E-state index is 10.7. The Morgan fingerprint density at radius 1 is 1.31 bits per heavy atom. The number of carbonyl (C=O) groups excluding carboxylic acids is 1. The highest BCUT2D eigenvalue weighted by Crippen LogP contribution is 2.01. The van der Waals surface area contributed by atoms with Crippen LogP contribution in [-0.2, 0) is 9.53 Å². The molecule has 0 rings (SSSR count). The second kappa shape index (κ2) is 9.04. The molecule has 0 saturated carbocycles. The maximum Gasteiger partial charge on any atom is 0.309 e. The zero-order valence-electron chi connectivity index (χ0n) is 8.29. The second-order valence-electron chi connectivity index (χ2n) is 2.82. The van der Waals surface area contributed by atoms with Crippen LogP contribution in [0, 0.1) is 0 Å². The van der Waals surface area contributed by atoms with E-state index in [0.717, 1.165) is 19.3 Å². The number of rotatable bonds is 7. The van der Waals surface area contributed by atoms with Crippen LogP contribution >= 0.6 is 0 Å². The summed E-state index contributed by atoms with van der Waals surface area (Å²) in [7, 11) is 1.40. The maximum absolute atomic E-state index is 10.7. The van der Waals surface area contributed by atoms with Gasteiger partial charge < -0.3 is 4.74 Å². The summed E-state index contributed by atoms with van der Waals surface area (Å²) in [4.78, 5) is 10.7. The van der Waals surface area contributed by atoms with Crippen molar-refractivity contribution >= 4 is 5.97 Å². The van der Waals surface area contributed by atoms with Crippen LogP contribution < -0.4 is 0 Å². The summed E-state index contributed by atoms with van der Waals surface area (Å²) < 4.78 is 4.49. The Labute approximate surface area is 80.3 Å². The number of allylic oxidation sites excluding steroid dienone is 2. The van der Waals surface area contributed by atoms with Gasteiger partial charge in [0.25, 0.3) is 0 Å². The van der Waals surface area contributed by atoms with Crippen molar-refractivity contribution in [3.8, 4) is 0 Å². The molecule has 0 aromatic heterocycles. The molecule has 0 N–H and O–H groups in total. The molecule has 0 saturated heterocycles.